The molecule has 0 bridgehead atoms. The maximum atomic E-state index is 11.6. The molecule has 0 radical (unpaired) electrons. The number of ether oxygens (including phenoxy) is 1. The smallest absolute Gasteiger partial charge is 0.317 e. The third-order valence-electron chi connectivity index (χ3n) is 4.82. The highest BCUT2D eigenvalue weighted by atomic mass is 16.5. The van der Waals surface area contributed by atoms with E-state index in [-0.39, 0.29) is 11.9 Å². The largest absolute Gasteiger partial charge is 0.381 e. The highest BCUT2D eigenvalue weighted by Gasteiger charge is 2.30. The van der Waals surface area contributed by atoms with E-state index in [2.05, 4.69) is 15.5 Å². The van der Waals surface area contributed by atoms with Crippen LogP contribution in [0.25, 0.3) is 0 Å². The summed E-state index contributed by atoms with van der Waals surface area (Å²) in [5, 5.41) is 6.68. The monoisotopic (exact) mass is 322 g/mol. The quantitative estimate of drug-likeness (QED) is 0.810. The molecule has 1 aromatic heterocycles. The van der Waals surface area contributed by atoms with Gasteiger partial charge in [0.05, 0.1) is 12.5 Å². The molecule has 128 valence electrons. The lowest BCUT2D eigenvalue weighted by molar-refractivity contribution is 0.102. The molecular formula is C16H26N4O3. The first-order valence-corrected chi connectivity index (χ1v) is 8.63. The average molecular weight is 322 g/mol. The molecule has 23 heavy (non-hydrogen) atoms. The van der Waals surface area contributed by atoms with Crippen LogP contribution in [-0.2, 0) is 11.2 Å². The summed E-state index contributed by atoms with van der Waals surface area (Å²) in [6, 6.07) is -0.0486. The molecule has 1 aliphatic carbocycles. The number of carbonyl (C=O) groups is 1. The van der Waals surface area contributed by atoms with E-state index in [9.17, 15) is 4.79 Å². The van der Waals surface area contributed by atoms with Gasteiger partial charge in [0.1, 0.15) is 0 Å². The number of nitrogens with zero attached hydrogens (tertiary/aromatic N) is 3. The lowest BCUT2D eigenvalue weighted by Crippen LogP contribution is -2.36. The van der Waals surface area contributed by atoms with Crippen LogP contribution in [0.5, 0.6) is 0 Å². The van der Waals surface area contributed by atoms with Crippen molar-refractivity contribution < 1.29 is 14.1 Å². The predicted octanol–water partition coefficient (Wildman–Crippen LogP) is 1.95. The molecule has 1 saturated heterocycles. The average Bonchev–Trinajstić information content (AvgIpc) is 3.31. The van der Waals surface area contributed by atoms with Crippen LogP contribution in [0.15, 0.2) is 4.52 Å². The van der Waals surface area contributed by atoms with E-state index in [1.54, 1.807) is 11.9 Å². The molecule has 1 unspecified atom stereocenters. The maximum Gasteiger partial charge on any atom is 0.317 e. The van der Waals surface area contributed by atoms with Gasteiger partial charge < -0.3 is 19.5 Å². The minimum absolute atomic E-state index is 0.0486. The zero-order chi connectivity index (χ0) is 16.1. The number of carbonyl (C=O) groups excluding carboxylic acids is 1. The van der Waals surface area contributed by atoms with Crippen molar-refractivity contribution in [2.24, 2.45) is 5.92 Å². The number of nitrogens with one attached hydrogen (secondary N) is 1. The second kappa shape index (κ2) is 7.77. The molecule has 2 aliphatic rings. The maximum absolute atomic E-state index is 11.6. The lowest BCUT2D eigenvalue weighted by Gasteiger charge is -2.14. The zero-order valence-electron chi connectivity index (χ0n) is 13.8. The van der Waals surface area contributed by atoms with Gasteiger partial charge in [-0.1, -0.05) is 18.0 Å². The van der Waals surface area contributed by atoms with Gasteiger partial charge in [-0.15, -0.1) is 0 Å². The van der Waals surface area contributed by atoms with Crippen LogP contribution >= 0.6 is 0 Å². The molecule has 1 aliphatic heterocycles. The Hall–Kier alpha value is -1.63. The number of amides is 2. The minimum Gasteiger partial charge on any atom is -0.381 e. The fraction of sp³-hybridized carbons (Fsp3) is 0.812. The Kier molecular flexibility index (Phi) is 5.48. The molecule has 1 saturated carbocycles. The van der Waals surface area contributed by atoms with Gasteiger partial charge in [0.25, 0.3) is 0 Å². The Balaban J connectivity index is 1.40. The predicted molar refractivity (Wildman–Crippen MR) is 84.2 cm³/mol. The van der Waals surface area contributed by atoms with E-state index in [1.165, 1.54) is 25.7 Å². The van der Waals surface area contributed by atoms with Crippen molar-refractivity contribution in [3.05, 3.63) is 11.7 Å². The number of aromatic nitrogens is 2. The van der Waals surface area contributed by atoms with E-state index < -0.39 is 0 Å². The van der Waals surface area contributed by atoms with Gasteiger partial charge in [0, 0.05) is 33.2 Å². The molecule has 3 rings (SSSR count). The minimum atomic E-state index is -0.0486. The normalized spacial score (nSPS) is 22.0. The molecule has 1 atom stereocenters. The molecule has 2 amide bonds. The fourth-order valence-corrected chi connectivity index (χ4v) is 3.43. The van der Waals surface area contributed by atoms with Gasteiger partial charge in [-0.25, -0.2) is 4.79 Å². The van der Waals surface area contributed by atoms with Crippen LogP contribution in [0.4, 0.5) is 4.79 Å². The molecular weight excluding hydrogens is 296 g/mol. The van der Waals surface area contributed by atoms with Crippen molar-refractivity contribution in [1.82, 2.24) is 20.4 Å². The highest BCUT2D eigenvalue weighted by Crippen LogP contribution is 2.26. The number of likely N-dealkylation sites (tertiary alicyclic amines) is 1. The van der Waals surface area contributed by atoms with Crippen LogP contribution < -0.4 is 5.32 Å². The standard InChI is InChI=1S/C16H26N4O3/c1-17-16(21)20-8-6-13(10-20)15-18-14(19-23-15)7-9-22-11-12-4-2-3-5-12/h12-13H,2-11H2,1H3,(H,17,21). The second-order valence-corrected chi connectivity index (χ2v) is 6.51. The van der Waals surface area contributed by atoms with E-state index >= 15 is 0 Å². The Bertz CT molecular complexity index is 513. The van der Waals surface area contributed by atoms with E-state index in [0.717, 1.165) is 25.5 Å². The third-order valence-corrected chi connectivity index (χ3v) is 4.82. The van der Waals surface area contributed by atoms with Crippen LogP contribution in [0, 0.1) is 5.92 Å². The number of hydrogen-bond acceptors (Lipinski definition) is 5. The van der Waals surface area contributed by atoms with Gasteiger partial charge in [0.2, 0.25) is 5.89 Å². The van der Waals surface area contributed by atoms with Crippen molar-refractivity contribution in [3.8, 4) is 0 Å². The lowest BCUT2D eigenvalue weighted by atomic mass is 10.1. The van der Waals surface area contributed by atoms with Gasteiger partial charge in [0.15, 0.2) is 5.82 Å². The topological polar surface area (TPSA) is 80.5 Å². The van der Waals surface area contributed by atoms with Crippen LogP contribution in [0.3, 0.4) is 0 Å². The van der Waals surface area contributed by atoms with Crippen molar-refractivity contribution in [3.63, 3.8) is 0 Å². The fourth-order valence-electron chi connectivity index (χ4n) is 3.43. The van der Waals surface area contributed by atoms with Crippen LogP contribution in [0.1, 0.15) is 49.7 Å². The Morgan fingerprint density at radius 3 is 3.00 bits per heavy atom. The molecule has 7 heteroatoms. The van der Waals surface area contributed by atoms with Crippen molar-refractivity contribution in [2.45, 2.75) is 44.4 Å². The molecule has 0 aromatic carbocycles. The Morgan fingerprint density at radius 1 is 1.39 bits per heavy atom. The van der Waals surface area contributed by atoms with Crippen LogP contribution in [0.2, 0.25) is 0 Å². The molecule has 2 heterocycles. The first-order valence-electron chi connectivity index (χ1n) is 8.63. The van der Waals surface area contributed by atoms with Crippen molar-refractivity contribution in [1.29, 1.82) is 0 Å². The summed E-state index contributed by atoms with van der Waals surface area (Å²) in [6.45, 7) is 2.87. The van der Waals surface area contributed by atoms with Gasteiger partial charge >= 0.3 is 6.03 Å². The molecule has 7 nitrogen and oxygen atoms in total. The number of rotatable bonds is 6. The van der Waals surface area contributed by atoms with Gasteiger partial charge in [-0.05, 0) is 25.2 Å². The Morgan fingerprint density at radius 2 is 2.22 bits per heavy atom. The summed E-state index contributed by atoms with van der Waals surface area (Å²) in [5.74, 6) is 2.23. The Labute approximate surface area is 136 Å². The second-order valence-electron chi connectivity index (χ2n) is 6.51. The summed E-state index contributed by atoms with van der Waals surface area (Å²) in [5.41, 5.74) is 0. The third kappa shape index (κ3) is 4.22. The van der Waals surface area contributed by atoms with Crippen LogP contribution in [-0.4, -0.2) is 54.4 Å². The molecule has 1 N–H and O–H groups in total. The number of urea groups is 1. The summed E-state index contributed by atoms with van der Waals surface area (Å²) in [7, 11) is 1.64. The first-order chi connectivity index (χ1) is 11.3. The van der Waals surface area contributed by atoms with Crippen molar-refractivity contribution >= 4 is 6.03 Å². The van der Waals surface area contributed by atoms with Gasteiger partial charge in [-0.3, -0.25) is 0 Å². The van der Waals surface area contributed by atoms with Crippen molar-refractivity contribution in [2.75, 3.05) is 33.4 Å². The first kappa shape index (κ1) is 16.2. The van der Waals surface area contributed by atoms with E-state index in [0.29, 0.717) is 31.3 Å². The summed E-state index contributed by atoms with van der Waals surface area (Å²) in [4.78, 5) is 17.9. The SMILES string of the molecule is CNC(=O)N1CCC(c2nc(CCOCC3CCCC3)no2)C1. The van der Waals surface area contributed by atoms with E-state index in [4.69, 9.17) is 9.26 Å². The van der Waals surface area contributed by atoms with E-state index in [1.807, 2.05) is 0 Å². The molecule has 2 fully saturated rings. The molecule has 1 aromatic rings. The summed E-state index contributed by atoms with van der Waals surface area (Å²) < 4.78 is 11.1. The summed E-state index contributed by atoms with van der Waals surface area (Å²) >= 11 is 0. The molecule has 0 spiro atoms. The van der Waals surface area contributed by atoms with Gasteiger partial charge in [-0.2, -0.15) is 4.98 Å². The summed E-state index contributed by atoms with van der Waals surface area (Å²) in [6.07, 6.45) is 6.84. The number of hydrogen-bond donors (Lipinski definition) is 1. The zero-order valence-corrected chi connectivity index (χ0v) is 13.8. The highest BCUT2D eigenvalue weighted by molar-refractivity contribution is 5.74.